The minimum atomic E-state index is 0.0490. The first-order valence-electron chi connectivity index (χ1n) is 6.70. The number of carbonyl (C=O) groups excluding carboxylic acids is 1. The van der Waals surface area contributed by atoms with E-state index in [0.29, 0.717) is 12.5 Å². The number of nitrogens with two attached hydrogens (primary N) is 1. The van der Waals surface area contributed by atoms with Gasteiger partial charge in [-0.3, -0.25) is 4.79 Å². The van der Waals surface area contributed by atoms with Gasteiger partial charge in [-0.2, -0.15) is 0 Å². The lowest BCUT2D eigenvalue weighted by molar-refractivity contribution is -0.133. The van der Waals surface area contributed by atoms with E-state index < -0.39 is 0 Å². The fraction of sp³-hybridized carbons (Fsp3) is 0.923. The van der Waals surface area contributed by atoms with Crippen molar-refractivity contribution in [2.75, 3.05) is 6.54 Å². The maximum absolute atomic E-state index is 12.1. The average Bonchev–Trinajstić information content (AvgIpc) is 2.43. The van der Waals surface area contributed by atoms with Gasteiger partial charge in [-0.05, 0) is 26.2 Å². The van der Waals surface area contributed by atoms with E-state index in [9.17, 15) is 4.79 Å². The molecule has 2 N–H and O–H groups in total. The van der Waals surface area contributed by atoms with Crippen molar-refractivity contribution in [1.82, 2.24) is 4.90 Å². The summed E-state index contributed by atoms with van der Waals surface area (Å²) in [6.07, 6.45) is 7.35. The van der Waals surface area contributed by atoms with Crippen molar-refractivity contribution in [3.05, 3.63) is 0 Å². The van der Waals surface area contributed by atoms with E-state index in [1.54, 1.807) is 0 Å². The highest BCUT2D eigenvalue weighted by molar-refractivity contribution is 5.77. The monoisotopic (exact) mass is 226 g/mol. The number of amides is 1. The molecule has 0 saturated carbocycles. The van der Waals surface area contributed by atoms with Crippen LogP contribution in [-0.2, 0) is 4.79 Å². The third-order valence-electron chi connectivity index (χ3n) is 3.47. The van der Waals surface area contributed by atoms with Gasteiger partial charge in [0.15, 0.2) is 0 Å². The van der Waals surface area contributed by atoms with Gasteiger partial charge in [0, 0.05) is 25.0 Å². The molecular weight excluding hydrogens is 200 g/mol. The Morgan fingerprint density at radius 1 is 1.44 bits per heavy atom. The summed E-state index contributed by atoms with van der Waals surface area (Å²) in [5, 5.41) is 0. The lowest BCUT2D eigenvalue weighted by atomic mass is 10.1. The number of nitrogens with zero attached hydrogens (tertiary/aromatic N) is 1. The van der Waals surface area contributed by atoms with Crippen molar-refractivity contribution in [1.29, 1.82) is 0 Å². The second kappa shape index (κ2) is 6.89. The zero-order valence-electron chi connectivity index (χ0n) is 10.7. The van der Waals surface area contributed by atoms with Gasteiger partial charge in [-0.1, -0.05) is 26.2 Å². The summed E-state index contributed by atoms with van der Waals surface area (Å²) >= 11 is 0. The second-order valence-corrected chi connectivity index (χ2v) is 5.04. The van der Waals surface area contributed by atoms with Gasteiger partial charge in [0.25, 0.3) is 0 Å². The zero-order chi connectivity index (χ0) is 12.0. The van der Waals surface area contributed by atoms with Gasteiger partial charge < -0.3 is 10.6 Å². The molecule has 1 heterocycles. The highest BCUT2D eigenvalue weighted by atomic mass is 16.2. The van der Waals surface area contributed by atoms with Crippen LogP contribution in [0.5, 0.6) is 0 Å². The molecule has 94 valence electrons. The maximum Gasteiger partial charge on any atom is 0.224 e. The predicted octanol–water partition coefficient (Wildman–Crippen LogP) is 2.29. The molecule has 0 aromatic carbocycles. The lowest BCUT2D eigenvalue weighted by Gasteiger charge is -2.28. The summed E-state index contributed by atoms with van der Waals surface area (Å²) in [4.78, 5) is 14.1. The first-order valence-corrected chi connectivity index (χ1v) is 6.70. The van der Waals surface area contributed by atoms with E-state index >= 15 is 0 Å². The molecule has 2 unspecified atom stereocenters. The summed E-state index contributed by atoms with van der Waals surface area (Å²) in [5.41, 5.74) is 5.93. The van der Waals surface area contributed by atoms with Crippen molar-refractivity contribution in [2.45, 2.75) is 70.9 Å². The van der Waals surface area contributed by atoms with Crippen LogP contribution in [-0.4, -0.2) is 29.4 Å². The van der Waals surface area contributed by atoms with Crippen LogP contribution in [0.2, 0.25) is 0 Å². The van der Waals surface area contributed by atoms with Gasteiger partial charge in [0.2, 0.25) is 5.91 Å². The molecular formula is C13H26N2O. The van der Waals surface area contributed by atoms with E-state index in [2.05, 4.69) is 13.8 Å². The van der Waals surface area contributed by atoms with Crippen LogP contribution < -0.4 is 5.73 Å². The molecule has 1 aliphatic rings. The molecule has 2 atom stereocenters. The van der Waals surface area contributed by atoms with Gasteiger partial charge in [0.05, 0.1) is 0 Å². The van der Waals surface area contributed by atoms with Crippen molar-refractivity contribution in [3.8, 4) is 0 Å². The molecule has 1 amide bonds. The summed E-state index contributed by atoms with van der Waals surface area (Å²) < 4.78 is 0. The molecule has 16 heavy (non-hydrogen) atoms. The van der Waals surface area contributed by atoms with Crippen LogP contribution in [0.25, 0.3) is 0 Å². The Hall–Kier alpha value is -0.570. The Bertz CT molecular complexity index is 218. The normalized spacial score (nSPS) is 23.9. The smallest absolute Gasteiger partial charge is 0.224 e. The Kier molecular flexibility index (Phi) is 5.81. The van der Waals surface area contributed by atoms with Crippen molar-refractivity contribution in [3.63, 3.8) is 0 Å². The van der Waals surface area contributed by atoms with Crippen LogP contribution in [0.1, 0.15) is 58.8 Å². The Morgan fingerprint density at radius 3 is 2.88 bits per heavy atom. The molecule has 3 heteroatoms. The molecule has 0 spiro atoms. The SMILES string of the molecule is CCCC(N)CC(=O)N1CCCCCC1C. The fourth-order valence-corrected chi connectivity index (χ4v) is 2.46. The first-order chi connectivity index (χ1) is 7.65. The molecule has 3 nitrogen and oxygen atoms in total. The molecule has 1 fully saturated rings. The third kappa shape index (κ3) is 4.12. The van der Waals surface area contributed by atoms with E-state index in [1.165, 1.54) is 12.8 Å². The quantitative estimate of drug-likeness (QED) is 0.799. The highest BCUT2D eigenvalue weighted by Gasteiger charge is 2.22. The second-order valence-electron chi connectivity index (χ2n) is 5.04. The minimum Gasteiger partial charge on any atom is -0.340 e. The van der Waals surface area contributed by atoms with E-state index in [0.717, 1.165) is 32.2 Å². The van der Waals surface area contributed by atoms with Crippen molar-refractivity contribution >= 4 is 5.91 Å². The number of likely N-dealkylation sites (tertiary alicyclic amines) is 1. The third-order valence-corrected chi connectivity index (χ3v) is 3.47. The van der Waals surface area contributed by atoms with Crippen LogP contribution in [0.4, 0.5) is 0 Å². The van der Waals surface area contributed by atoms with Crippen LogP contribution >= 0.6 is 0 Å². The summed E-state index contributed by atoms with van der Waals surface area (Å²) in [7, 11) is 0. The van der Waals surface area contributed by atoms with E-state index in [-0.39, 0.29) is 11.9 Å². The summed E-state index contributed by atoms with van der Waals surface area (Å²) in [6, 6.07) is 0.455. The first kappa shape index (κ1) is 13.5. The molecule has 0 bridgehead atoms. The standard InChI is InChI=1S/C13H26N2O/c1-3-7-12(14)10-13(16)15-9-6-4-5-8-11(15)2/h11-12H,3-10,14H2,1-2H3. The minimum absolute atomic E-state index is 0.0490. The molecule has 1 aliphatic heterocycles. The number of carbonyl (C=O) groups is 1. The molecule has 0 radical (unpaired) electrons. The number of hydrogen-bond donors (Lipinski definition) is 1. The topological polar surface area (TPSA) is 46.3 Å². The van der Waals surface area contributed by atoms with E-state index in [4.69, 9.17) is 5.73 Å². The molecule has 1 saturated heterocycles. The van der Waals surface area contributed by atoms with Gasteiger partial charge >= 0.3 is 0 Å². The molecule has 1 rings (SSSR count). The van der Waals surface area contributed by atoms with Crippen molar-refractivity contribution in [2.24, 2.45) is 5.73 Å². The number of hydrogen-bond acceptors (Lipinski definition) is 2. The average molecular weight is 226 g/mol. The Labute approximate surface area is 99.4 Å². The van der Waals surface area contributed by atoms with Gasteiger partial charge in [-0.25, -0.2) is 0 Å². The summed E-state index contributed by atoms with van der Waals surface area (Å²) in [5.74, 6) is 0.260. The maximum atomic E-state index is 12.1. The summed E-state index contributed by atoms with van der Waals surface area (Å²) in [6.45, 7) is 5.20. The van der Waals surface area contributed by atoms with Gasteiger partial charge in [0.1, 0.15) is 0 Å². The molecule has 0 aromatic rings. The predicted molar refractivity (Wildman–Crippen MR) is 67.1 cm³/mol. The molecule has 0 aliphatic carbocycles. The lowest BCUT2D eigenvalue weighted by Crippen LogP contribution is -2.41. The molecule has 0 aromatic heterocycles. The van der Waals surface area contributed by atoms with E-state index in [1.807, 2.05) is 4.90 Å². The van der Waals surface area contributed by atoms with Gasteiger partial charge in [-0.15, -0.1) is 0 Å². The Morgan fingerprint density at radius 2 is 2.19 bits per heavy atom. The van der Waals surface area contributed by atoms with Crippen LogP contribution in [0.3, 0.4) is 0 Å². The van der Waals surface area contributed by atoms with Crippen LogP contribution in [0, 0.1) is 0 Å². The largest absolute Gasteiger partial charge is 0.340 e. The van der Waals surface area contributed by atoms with Crippen LogP contribution in [0.15, 0.2) is 0 Å². The van der Waals surface area contributed by atoms with Crippen molar-refractivity contribution < 1.29 is 4.79 Å². The highest BCUT2D eigenvalue weighted by Crippen LogP contribution is 2.17. The number of rotatable bonds is 4. The Balaban J connectivity index is 2.44. The zero-order valence-corrected chi connectivity index (χ0v) is 10.7. The fourth-order valence-electron chi connectivity index (χ4n) is 2.46.